The van der Waals surface area contributed by atoms with Crippen molar-refractivity contribution in [3.05, 3.63) is 49.1 Å². The summed E-state index contributed by atoms with van der Waals surface area (Å²) in [5, 5.41) is 2.12. The van der Waals surface area contributed by atoms with Crippen LogP contribution >= 0.6 is 11.3 Å². The molecule has 1 aliphatic rings. The van der Waals surface area contributed by atoms with Crippen LogP contribution in [0.2, 0.25) is 0 Å². The lowest BCUT2D eigenvalue weighted by Gasteiger charge is -2.26. The third-order valence-corrected chi connectivity index (χ3v) is 6.38. The number of ketones is 1. The first-order chi connectivity index (χ1) is 13.5. The van der Waals surface area contributed by atoms with Crippen LogP contribution in [0, 0.1) is 0 Å². The molecule has 28 heavy (non-hydrogen) atoms. The minimum absolute atomic E-state index is 0.211. The van der Waals surface area contributed by atoms with Crippen LogP contribution in [0.15, 0.2) is 27.4 Å². The zero-order valence-electron chi connectivity index (χ0n) is 16.1. The molecule has 0 atom stereocenters. The molecule has 0 N–H and O–H groups in total. The highest BCUT2D eigenvalue weighted by Gasteiger charge is 2.19. The third kappa shape index (κ3) is 3.35. The Kier molecular flexibility index (Phi) is 5.03. The van der Waals surface area contributed by atoms with E-state index in [1.807, 2.05) is 0 Å². The van der Waals surface area contributed by atoms with E-state index in [1.165, 1.54) is 22.1 Å². The smallest absolute Gasteiger partial charge is 0.325 e. The van der Waals surface area contributed by atoms with E-state index in [1.54, 1.807) is 29.3 Å². The second kappa shape index (κ2) is 7.48. The van der Waals surface area contributed by atoms with Crippen molar-refractivity contribution in [3.8, 4) is 0 Å². The van der Waals surface area contributed by atoms with Crippen molar-refractivity contribution < 1.29 is 4.79 Å². The Morgan fingerprint density at radius 2 is 2.07 bits per heavy atom. The summed E-state index contributed by atoms with van der Waals surface area (Å²) in [6.07, 6.45) is 3.68. The van der Waals surface area contributed by atoms with Gasteiger partial charge in [-0.25, -0.2) is 9.78 Å². The molecule has 8 nitrogen and oxygen atoms in total. The maximum atomic E-state index is 12.4. The molecule has 148 valence electrons. The fourth-order valence-corrected chi connectivity index (χ4v) is 4.67. The zero-order valence-corrected chi connectivity index (χ0v) is 16.9. The molecule has 0 amide bonds. The molecule has 4 heterocycles. The maximum absolute atomic E-state index is 12.4. The lowest BCUT2D eigenvalue weighted by Crippen LogP contribution is -2.37. The van der Waals surface area contributed by atoms with Crippen LogP contribution in [-0.4, -0.2) is 42.5 Å². The number of nitrogens with zero attached hydrogens (tertiary/aromatic N) is 5. The summed E-state index contributed by atoms with van der Waals surface area (Å²) < 4.78 is 4.19. The highest BCUT2D eigenvalue weighted by atomic mass is 32.1. The molecule has 0 saturated heterocycles. The van der Waals surface area contributed by atoms with Crippen molar-refractivity contribution in [2.45, 2.75) is 32.4 Å². The summed E-state index contributed by atoms with van der Waals surface area (Å²) >= 11 is 1.79. The van der Waals surface area contributed by atoms with Gasteiger partial charge in [0.05, 0.1) is 12.9 Å². The van der Waals surface area contributed by atoms with Gasteiger partial charge < -0.3 is 4.57 Å². The monoisotopic (exact) mass is 401 g/mol. The fraction of sp³-hybridized carbons (Fsp3) is 0.474. The van der Waals surface area contributed by atoms with Gasteiger partial charge >= 0.3 is 5.69 Å². The second-order valence-corrected chi connectivity index (χ2v) is 8.29. The number of aryl methyl sites for hydroxylation is 2. The molecule has 0 saturated carbocycles. The van der Waals surface area contributed by atoms with Gasteiger partial charge in [-0.05, 0) is 29.9 Å². The Labute approximate surface area is 165 Å². The van der Waals surface area contributed by atoms with Gasteiger partial charge in [-0.15, -0.1) is 11.3 Å². The van der Waals surface area contributed by atoms with Gasteiger partial charge in [-0.2, -0.15) is 0 Å². The first-order valence-electron chi connectivity index (χ1n) is 9.36. The predicted octanol–water partition coefficient (Wildman–Crippen LogP) is 0.903. The Morgan fingerprint density at radius 1 is 1.25 bits per heavy atom. The first-order valence-corrected chi connectivity index (χ1v) is 10.2. The van der Waals surface area contributed by atoms with Crippen molar-refractivity contribution in [2.75, 3.05) is 13.1 Å². The van der Waals surface area contributed by atoms with Crippen LogP contribution < -0.4 is 11.2 Å². The molecule has 9 heteroatoms. The number of fused-ring (bicyclic) bond motifs is 2. The molecule has 0 aliphatic carbocycles. The van der Waals surface area contributed by atoms with E-state index in [4.69, 9.17) is 0 Å². The molecular formula is C19H23N5O3S. The number of hydrogen-bond donors (Lipinski definition) is 0. The van der Waals surface area contributed by atoms with Crippen LogP contribution in [0.3, 0.4) is 0 Å². The number of aromatic nitrogens is 4. The first kappa shape index (κ1) is 18.8. The number of rotatable bonds is 6. The van der Waals surface area contributed by atoms with Crippen LogP contribution in [0.25, 0.3) is 11.2 Å². The summed E-state index contributed by atoms with van der Waals surface area (Å²) in [5.74, 6) is 0.211. The molecule has 3 aromatic heterocycles. The molecule has 3 aromatic rings. The average Bonchev–Trinajstić information content (AvgIpc) is 3.31. The molecule has 0 radical (unpaired) electrons. The standard InChI is InChI=1S/C19H23N5O3S/c1-21-17-16(18(26)22(2)19(21)27)24(12-20-17)7-3-4-14(25)11-23-8-5-15-13(10-23)6-9-28-15/h6,9,12H,3-5,7-8,10-11H2,1-2H3. The van der Waals surface area contributed by atoms with Gasteiger partial charge in [0, 0.05) is 45.0 Å². The Balaban J connectivity index is 1.37. The summed E-state index contributed by atoms with van der Waals surface area (Å²) in [4.78, 5) is 44.7. The van der Waals surface area contributed by atoms with Gasteiger partial charge in [-0.1, -0.05) is 0 Å². The number of carbonyl (C=O) groups is 1. The normalized spacial score (nSPS) is 14.5. The molecule has 0 spiro atoms. The second-order valence-electron chi connectivity index (χ2n) is 7.29. The van der Waals surface area contributed by atoms with E-state index < -0.39 is 5.69 Å². The van der Waals surface area contributed by atoms with E-state index in [2.05, 4.69) is 21.3 Å². The highest BCUT2D eigenvalue weighted by molar-refractivity contribution is 7.10. The van der Waals surface area contributed by atoms with Gasteiger partial charge in [0.15, 0.2) is 11.2 Å². The SMILES string of the molecule is Cn1c(=O)c2c(ncn2CCCC(=O)CN2CCc3sccc3C2)n(C)c1=O. The van der Waals surface area contributed by atoms with E-state index in [-0.39, 0.29) is 11.3 Å². The number of Topliss-reactive ketones (excluding diaryl/α,β-unsaturated/α-hetero) is 1. The summed E-state index contributed by atoms with van der Waals surface area (Å²) in [5.41, 5.74) is 1.36. The van der Waals surface area contributed by atoms with Gasteiger partial charge in [0.25, 0.3) is 5.56 Å². The van der Waals surface area contributed by atoms with E-state index in [0.29, 0.717) is 37.1 Å². The molecule has 0 bridgehead atoms. The van der Waals surface area contributed by atoms with Crippen molar-refractivity contribution in [1.29, 1.82) is 0 Å². The van der Waals surface area contributed by atoms with Crippen molar-refractivity contribution in [2.24, 2.45) is 14.1 Å². The number of hydrogen-bond acceptors (Lipinski definition) is 6. The van der Waals surface area contributed by atoms with Gasteiger partial charge in [0.2, 0.25) is 0 Å². The van der Waals surface area contributed by atoms with E-state index >= 15 is 0 Å². The topological polar surface area (TPSA) is 82.1 Å². The van der Waals surface area contributed by atoms with Gasteiger partial charge in [-0.3, -0.25) is 23.6 Å². The summed E-state index contributed by atoms with van der Waals surface area (Å²) in [6, 6.07) is 2.15. The largest absolute Gasteiger partial charge is 0.332 e. The molecule has 1 aliphatic heterocycles. The van der Waals surface area contributed by atoms with Gasteiger partial charge in [0.1, 0.15) is 5.78 Å². The number of imidazole rings is 1. The number of carbonyl (C=O) groups excluding carboxylic acids is 1. The minimum atomic E-state index is -0.395. The molecule has 4 rings (SSSR count). The Morgan fingerprint density at radius 3 is 2.89 bits per heavy atom. The van der Waals surface area contributed by atoms with Crippen LogP contribution in [-0.2, 0) is 38.4 Å². The molecule has 0 fully saturated rings. The summed E-state index contributed by atoms with van der Waals surface area (Å²) in [6.45, 7) is 2.76. The van der Waals surface area contributed by atoms with Crippen molar-refractivity contribution in [3.63, 3.8) is 0 Å². The zero-order chi connectivity index (χ0) is 19.8. The fourth-order valence-electron chi connectivity index (χ4n) is 3.78. The third-order valence-electron chi connectivity index (χ3n) is 5.36. The lowest BCUT2D eigenvalue weighted by atomic mass is 10.1. The van der Waals surface area contributed by atoms with Crippen LogP contribution in [0.1, 0.15) is 23.3 Å². The maximum Gasteiger partial charge on any atom is 0.332 e. The van der Waals surface area contributed by atoms with Crippen LogP contribution in [0.5, 0.6) is 0 Å². The van der Waals surface area contributed by atoms with Crippen molar-refractivity contribution >= 4 is 28.3 Å². The Hall–Kier alpha value is -2.52. The minimum Gasteiger partial charge on any atom is -0.325 e. The quantitative estimate of drug-likeness (QED) is 0.613. The van der Waals surface area contributed by atoms with E-state index in [9.17, 15) is 14.4 Å². The predicted molar refractivity (Wildman–Crippen MR) is 108 cm³/mol. The lowest BCUT2D eigenvalue weighted by molar-refractivity contribution is -0.120. The molecule has 0 aromatic carbocycles. The molecular weight excluding hydrogens is 378 g/mol. The van der Waals surface area contributed by atoms with Crippen LogP contribution in [0.4, 0.5) is 0 Å². The summed E-state index contributed by atoms with van der Waals surface area (Å²) in [7, 11) is 3.06. The average molecular weight is 401 g/mol. The molecule has 0 unspecified atom stereocenters. The Bertz CT molecular complexity index is 1150. The van der Waals surface area contributed by atoms with Crippen molar-refractivity contribution in [1.82, 2.24) is 23.6 Å². The highest BCUT2D eigenvalue weighted by Crippen LogP contribution is 2.23. The van der Waals surface area contributed by atoms with E-state index in [0.717, 1.165) is 24.1 Å². The number of thiophene rings is 1.